The van der Waals surface area contributed by atoms with Crippen molar-refractivity contribution in [3.8, 4) is 10.4 Å². The van der Waals surface area contributed by atoms with E-state index >= 15 is 0 Å². The number of anilines is 1. The summed E-state index contributed by atoms with van der Waals surface area (Å²) in [5.41, 5.74) is 12.2. The maximum atomic E-state index is 12.8. The van der Waals surface area contributed by atoms with Crippen LogP contribution < -0.4 is 11.5 Å². The Labute approximate surface area is 131 Å². The van der Waals surface area contributed by atoms with Crippen LogP contribution >= 0.6 is 11.3 Å². The zero-order valence-electron chi connectivity index (χ0n) is 11.9. The number of benzene rings is 1. The average Bonchev–Trinajstić information content (AvgIpc) is 3.27. The molecule has 1 aliphatic rings. The van der Waals surface area contributed by atoms with E-state index in [1.807, 2.05) is 30.3 Å². The summed E-state index contributed by atoms with van der Waals surface area (Å²) >= 11 is 1.27. The van der Waals surface area contributed by atoms with E-state index in [2.05, 4.69) is 4.98 Å². The molecule has 0 unspecified atom stereocenters. The van der Waals surface area contributed by atoms with Gasteiger partial charge in [0.1, 0.15) is 5.69 Å². The molecule has 0 radical (unpaired) electrons. The van der Waals surface area contributed by atoms with Crippen molar-refractivity contribution in [1.82, 2.24) is 9.88 Å². The van der Waals surface area contributed by atoms with Crippen molar-refractivity contribution in [1.29, 1.82) is 0 Å². The molecule has 7 heteroatoms. The number of rotatable bonds is 5. The number of nitrogens with zero attached hydrogens (tertiary/aromatic N) is 2. The van der Waals surface area contributed by atoms with Gasteiger partial charge in [-0.1, -0.05) is 41.7 Å². The Morgan fingerprint density at radius 2 is 1.95 bits per heavy atom. The molecule has 1 fully saturated rings. The van der Waals surface area contributed by atoms with Gasteiger partial charge in [-0.05, 0) is 18.4 Å². The van der Waals surface area contributed by atoms with E-state index < -0.39 is 5.91 Å². The minimum absolute atomic E-state index is 0.0755. The van der Waals surface area contributed by atoms with Gasteiger partial charge in [0.15, 0.2) is 5.13 Å². The molecule has 1 aromatic heterocycles. The van der Waals surface area contributed by atoms with E-state index in [4.69, 9.17) is 11.5 Å². The van der Waals surface area contributed by atoms with Crippen LogP contribution in [0.15, 0.2) is 30.3 Å². The largest absolute Gasteiger partial charge is 0.375 e. The highest BCUT2D eigenvalue weighted by molar-refractivity contribution is 7.19. The van der Waals surface area contributed by atoms with E-state index in [1.54, 1.807) is 0 Å². The standard InChI is InChI=1S/C15H16N4O2S/c16-11(20)8-19(10-6-7-10)14(21)12-13(22-15(17)18-12)9-4-2-1-3-5-9/h1-5,10H,6-8H2,(H2,16,20)(H2,17,18). The van der Waals surface area contributed by atoms with Gasteiger partial charge in [-0.3, -0.25) is 9.59 Å². The summed E-state index contributed by atoms with van der Waals surface area (Å²) in [4.78, 5) is 30.4. The van der Waals surface area contributed by atoms with Gasteiger partial charge in [0.25, 0.3) is 5.91 Å². The molecule has 6 nitrogen and oxygen atoms in total. The van der Waals surface area contributed by atoms with Gasteiger partial charge < -0.3 is 16.4 Å². The van der Waals surface area contributed by atoms with E-state index in [0.717, 1.165) is 23.3 Å². The van der Waals surface area contributed by atoms with Gasteiger partial charge in [-0.2, -0.15) is 0 Å². The Balaban J connectivity index is 1.97. The maximum Gasteiger partial charge on any atom is 0.274 e. The fourth-order valence-corrected chi connectivity index (χ4v) is 3.15. The van der Waals surface area contributed by atoms with Gasteiger partial charge in [0.2, 0.25) is 5.91 Å². The zero-order valence-corrected chi connectivity index (χ0v) is 12.7. The normalized spacial score (nSPS) is 13.8. The number of primary amides is 1. The van der Waals surface area contributed by atoms with E-state index in [9.17, 15) is 9.59 Å². The Hall–Kier alpha value is -2.41. The first-order chi connectivity index (χ1) is 10.6. The highest BCUT2D eigenvalue weighted by Gasteiger charge is 2.36. The summed E-state index contributed by atoms with van der Waals surface area (Å²) in [5, 5.41) is 0.331. The molecule has 0 bridgehead atoms. The molecule has 114 valence electrons. The van der Waals surface area contributed by atoms with Crippen molar-refractivity contribution in [3.63, 3.8) is 0 Å². The van der Waals surface area contributed by atoms with Crippen LogP contribution in [-0.4, -0.2) is 34.3 Å². The van der Waals surface area contributed by atoms with Crippen molar-refractivity contribution in [2.45, 2.75) is 18.9 Å². The fraction of sp³-hybridized carbons (Fsp3) is 0.267. The fourth-order valence-electron chi connectivity index (χ4n) is 2.32. The Kier molecular flexibility index (Phi) is 3.81. The second-order valence-electron chi connectivity index (χ2n) is 5.23. The molecule has 1 saturated carbocycles. The summed E-state index contributed by atoms with van der Waals surface area (Å²) in [6, 6.07) is 9.56. The maximum absolute atomic E-state index is 12.8. The van der Waals surface area contributed by atoms with Crippen LogP contribution in [-0.2, 0) is 4.79 Å². The van der Waals surface area contributed by atoms with Crippen LogP contribution in [0.1, 0.15) is 23.3 Å². The monoisotopic (exact) mass is 316 g/mol. The van der Waals surface area contributed by atoms with Crippen LogP contribution in [0.3, 0.4) is 0 Å². The topological polar surface area (TPSA) is 102 Å². The lowest BCUT2D eigenvalue weighted by Gasteiger charge is -2.20. The number of thiazole rings is 1. The van der Waals surface area contributed by atoms with Crippen LogP contribution in [0.2, 0.25) is 0 Å². The van der Waals surface area contributed by atoms with Gasteiger partial charge >= 0.3 is 0 Å². The molecule has 2 amide bonds. The van der Waals surface area contributed by atoms with Crippen LogP contribution in [0, 0.1) is 0 Å². The smallest absolute Gasteiger partial charge is 0.274 e. The third kappa shape index (κ3) is 2.94. The number of nitrogens with two attached hydrogens (primary N) is 2. The minimum Gasteiger partial charge on any atom is -0.375 e. The molecule has 22 heavy (non-hydrogen) atoms. The lowest BCUT2D eigenvalue weighted by atomic mass is 10.1. The third-order valence-corrected chi connectivity index (χ3v) is 4.39. The number of hydrogen-bond donors (Lipinski definition) is 2. The molecule has 1 heterocycles. The Bertz CT molecular complexity index is 710. The average molecular weight is 316 g/mol. The van der Waals surface area contributed by atoms with Gasteiger partial charge in [0.05, 0.1) is 11.4 Å². The first-order valence-corrected chi connectivity index (χ1v) is 7.79. The number of carbonyl (C=O) groups is 2. The molecular formula is C15H16N4O2S. The summed E-state index contributed by atoms with van der Waals surface area (Å²) in [6.45, 7) is -0.0881. The van der Waals surface area contributed by atoms with Gasteiger partial charge in [-0.15, -0.1) is 0 Å². The molecule has 0 atom stereocenters. The highest BCUT2D eigenvalue weighted by atomic mass is 32.1. The van der Waals surface area contributed by atoms with Crippen LogP contribution in [0.25, 0.3) is 10.4 Å². The molecular weight excluding hydrogens is 300 g/mol. The third-order valence-electron chi connectivity index (χ3n) is 3.46. The summed E-state index contributed by atoms with van der Waals surface area (Å²) in [6.07, 6.45) is 1.78. The predicted octanol–water partition coefficient (Wildman–Crippen LogP) is 1.48. The van der Waals surface area contributed by atoms with Gasteiger partial charge in [-0.25, -0.2) is 4.98 Å². The second-order valence-corrected chi connectivity index (χ2v) is 6.26. The quantitative estimate of drug-likeness (QED) is 0.872. The first-order valence-electron chi connectivity index (χ1n) is 6.97. The molecule has 2 aromatic rings. The number of aromatic nitrogens is 1. The summed E-state index contributed by atoms with van der Waals surface area (Å²) < 4.78 is 0. The van der Waals surface area contributed by atoms with Crippen molar-refractivity contribution < 1.29 is 9.59 Å². The molecule has 1 aromatic carbocycles. The number of carbonyl (C=O) groups excluding carboxylic acids is 2. The predicted molar refractivity (Wildman–Crippen MR) is 85.2 cm³/mol. The SMILES string of the molecule is NC(=O)CN(C(=O)c1nc(N)sc1-c1ccccc1)C1CC1. The van der Waals surface area contributed by atoms with Crippen molar-refractivity contribution in [3.05, 3.63) is 36.0 Å². The number of nitrogen functional groups attached to an aromatic ring is 1. The van der Waals surface area contributed by atoms with Crippen molar-refractivity contribution in [2.24, 2.45) is 5.73 Å². The molecule has 0 aliphatic heterocycles. The minimum atomic E-state index is -0.523. The Morgan fingerprint density at radius 1 is 1.27 bits per heavy atom. The highest BCUT2D eigenvalue weighted by Crippen LogP contribution is 2.34. The zero-order chi connectivity index (χ0) is 15.7. The van der Waals surface area contributed by atoms with Gasteiger partial charge in [0, 0.05) is 6.04 Å². The molecule has 1 aliphatic carbocycles. The second kappa shape index (κ2) is 5.76. The number of amides is 2. The van der Waals surface area contributed by atoms with Crippen LogP contribution in [0.5, 0.6) is 0 Å². The molecule has 0 spiro atoms. The molecule has 4 N–H and O–H groups in total. The summed E-state index contributed by atoms with van der Waals surface area (Å²) in [5.74, 6) is -0.808. The van der Waals surface area contributed by atoms with Crippen LogP contribution in [0.4, 0.5) is 5.13 Å². The lowest BCUT2D eigenvalue weighted by molar-refractivity contribution is -0.118. The molecule has 0 saturated heterocycles. The summed E-state index contributed by atoms with van der Waals surface area (Å²) in [7, 11) is 0. The van der Waals surface area contributed by atoms with Crippen molar-refractivity contribution in [2.75, 3.05) is 12.3 Å². The molecule has 3 rings (SSSR count). The van der Waals surface area contributed by atoms with Crippen molar-refractivity contribution >= 4 is 28.3 Å². The van der Waals surface area contributed by atoms with E-state index in [-0.39, 0.29) is 18.5 Å². The van der Waals surface area contributed by atoms with E-state index in [1.165, 1.54) is 16.2 Å². The first kappa shape index (κ1) is 14.5. The number of hydrogen-bond acceptors (Lipinski definition) is 5. The Morgan fingerprint density at radius 3 is 2.55 bits per heavy atom. The lowest BCUT2D eigenvalue weighted by Crippen LogP contribution is -2.40. The van der Waals surface area contributed by atoms with E-state index in [0.29, 0.717) is 10.8 Å².